The molecule has 0 bridgehead atoms. The van der Waals surface area contributed by atoms with E-state index in [0.717, 1.165) is 10.0 Å². The largest absolute Gasteiger partial charge is 0.480 e. The fourth-order valence-electron chi connectivity index (χ4n) is 2.36. The van der Waals surface area contributed by atoms with Crippen molar-refractivity contribution in [1.82, 2.24) is 4.90 Å². The van der Waals surface area contributed by atoms with Crippen molar-refractivity contribution in [3.05, 3.63) is 75.9 Å². The first kappa shape index (κ1) is 16.1. The second-order valence-electron chi connectivity index (χ2n) is 5.17. The van der Waals surface area contributed by atoms with Crippen molar-refractivity contribution in [2.75, 3.05) is 6.54 Å². The summed E-state index contributed by atoms with van der Waals surface area (Å²) in [5.74, 6) is -1.15. The molecule has 24 heavy (non-hydrogen) atoms. The van der Waals surface area contributed by atoms with E-state index in [4.69, 9.17) is 5.11 Å². The molecule has 1 N–H and O–H groups in total. The van der Waals surface area contributed by atoms with E-state index in [9.17, 15) is 9.59 Å². The van der Waals surface area contributed by atoms with Gasteiger partial charge in [-0.05, 0) is 23.8 Å². The number of carboxylic acid groups (broad SMARTS) is 1. The molecule has 6 heteroatoms. The van der Waals surface area contributed by atoms with E-state index in [2.05, 4.69) is 20.9 Å². The summed E-state index contributed by atoms with van der Waals surface area (Å²) in [6, 6.07) is 16.5. The summed E-state index contributed by atoms with van der Waals surface area (Å²) in [5.41, 5.74) is 1.73. The lowest BCUT2D eigenvalue weighted by Crippen LogP contribution is -2.37. The number of benzene rings is 2. The maximum atomic E-state index is 12.6. The lowest BCUT2D eigenvalue weighted by molar-refractivity contribution is -0.140. The number of amides is 1. The number of aliphatic imine (C=N–C) groups is 1. The van der Waals surface area contributed by atoms with Gasteiger partial charge < -0.3 is 5.11 Å². The summed E-state index contributed by atoms with van der Waals surface area (Å²) in [6.07, 6.45) is 1.65. The molecular weight excluding hydrogens is 372 g/mol. The number of hydrogen-bond donors (Lipinski definition) is 1. The predicted octanol–water partition coefficient (Wildman–Crippen LogP) is 3.16. The number of aliphatic carboxylic acids is 1. The van der Waals surface area contributed by atoms with E-state index >= 15 is 0 Å². The summed E-state index contributed by atoms with van der Waals surface area (Å²) in [7, 11) is 0. The van der Waals surface area contributed by atoms with E-state index in [0.29, 0.717) is 11.4 Å². The van der Waals surface area contributed by atoms with Gasteiger partial charge in [0.25, 0.3) is 5.91 Å². The van der Waals surface area contributed by atoms with Crippen LogP contribution in [0.2, 0.25) is 0 Å². The highest BCUT2D eigenvalue weighted by molar-refractivity contribution is 9.10. The van der Waals surface area contributed by atoms with E-state index in [1.165, 1.54) is 4.90 Å². The monoisotopic (exact) mass is 384 g/mol. The van der Waals surface area contributed by atoms with E-state index in [1.807, 2.05) is 42.5 Å². The third kappa shape index (κ3) is 3.44. The molecule has 1 aliphatic rings. The molecule has 1 aliphatic heterocycles. The van der Waals surface area contributed by atoms with Crippen molar-refractivity contribution < 1.29 is 14.7 Å². The highest BCUT2D eigenvalue weighted by Gasteiger charge is 2.32. The Morgan fingerprint density at radius 2 is 1.79 bits per heavy atom. The van der Waals surface area contributed by atoms with Crippen LogP contribution in [-0.4, -0.2) is 34.3 Å². The van der Waals surface area contributed by atoms with E-state index < -0.39 is 18.4 Å². The van der Waals surface area contributed by atoms with Crippen LogP contribution in [0.1, 0.15) is 11.1 Å². The minimum atomic E-state index is -1.09. The lowest BCUT2D eigenvalue weighted by Gasteiger charge is -2.15. The highest BCUT2D eigenvalue weighted by atomic mass is 79.9. The first-order valence-electron chi connectivity index (χ1n) is 7.19. The first-order chi connectivity index (χ1) is 11.5. The summed E-state index contributed by atoms with van der Waals surface area (Å²) >= 11 is 3.36. The van der Waals surface area contributed by atoms with Crippen molar-refractivity contribution in [3.63, 3.8) is 0 Å². The van der Waals surface area contributed by atoms with Crippen molar-refractivity contribution in [3.8, 4) is 0 Å². The molecule has 3 rings (SSSR count). The van der Waals surface area contributed by atoms with Crippen molar-refractivity contribution >= 4 is 39.7 Å². The zero-order valence-corrected chi connectivity index (χ0v) is 14.1. The first-order valence-corrected chi connectivity index (χ1v) is 7.99. The molecule has 0 aliphatic carbocycles. The number of hydrogen-bond acceptors (Lipinski definition) is 3. The van der Waals surface area contributed by atoms with Gasteiger partial charge in [-0.25, -0.2) is 4.99 Å². The number of nitrogens with zero attached hydrogens (tertiary/aromatic N) is 2. The Labute approximate surface area is 147 Å². The van der Waals surface area contributed by atoms with Crippen LogP contribution in [0.15, 0.2) is 69.8 Å². The maximum absolute atomic E-state index is 12.6. The van der Waals surface area contributed by atoms with Gasteiger partial charge in [0.2, 0.25) is 0 Å². The maximum Gasteiger partial charge on any atom is 0.323 e. The third-order valence-electron chi connectivity index (χ3n) is 3.45. The standard InChI is InChI=1S/C18H13BrN2O3/c19-14-8-6-12(7-9-14)10-15-18(24)21(11-16(22)23)17(20-15)13-4-2-1-3-5-13/h1-10H,11H2,(H,22,23)/b15-10-. The van der Waals surface area contributed by atoms with E-state index in [1.54, 1.807) is 18.2 Å². The molecule has 0 unspecified atom stereocenters. The van der Waals surface area contributed by atoms with Crippen LogP contribution in [0.4, 0.5) is 0 Å². The quantitative estimate of drug-likeness (QED) is 0.822. The average molecular weight is 385 g/mol. The second-order valence-corrected chi connectivity index (χ2v) is 6.08. The Kier molecular flexibility index (Phi) is 4.57. The van der Waals surface area contributed by atoms with Crippen LogP contribution in [0, 0.1) is 0 Å². The normalized spacial score (nSPS) is 15.7. The molecule has 2 aromatic carbocycles. The highest BCUT2D eigenvalue weighted by Crippen LogP contribution is 2.22. The lowest BCUT2D eigenvalue weighted by atomic mass is 10.2. The summed E-state index contributed by atoms with van der Waals surface area (Å²) in [5, 5.41) is 9.09. The van der Waals surface area contributed by atoms with Gasteiger partial charge in [-0.1, -0.05) is 58.4 Å². The number of amidine groups is 1. The van der Waals surface area contributed by atoms with Gasteiger partial charge in [-0.3, -0.25) is 14.5 Å². The number of carboxylic acids is 1. The van der Waals surface area contributed by atoms with Crippen LogP contribution >= 0.6 is 15.9 Å². The van der Waals surface area contributed by atoms with Gasteiger partial charge in [0.15, 0.2) is 0 Å². The predicted molar refractivity (Wildman–Crippen MR) is 94.4 cm³/mol. The third-order valence-corrected chi connectivity index (χ3v) is 3.97. The smallest absolute Gasteiger partial charge is 0.323 e. The fourth-order valence-corrected chi connectivity index (χ4v) is 2.62. The molecule has 0 radical (unpaired) electrons. The van der Waals surface area contributed by atoms with Crippen LogP contribution in [0.25, 0.3) is 6.08 Å². The van der Waals surface area contributed by atoms with Crippen molar-refractivity contribution in [2.24, 2.45) is 4.99 Å². The van der Waals surface area contributed by atoms with Gasteiger partial charge in [-0.15, -0.1) is 0 Å². The number of halogens is 1. The zero-order chi connectivity index (χ0) is 17.1. The molecular formula is C18H13BrN2O3. The topological polar surface area (TPSA) is 70.0 Å². The van der Waals surface area contributed by atoms with Gasteiger partial charge in [0.05, 0.1) is 0 Å². The average Bonchev–Trinajstić information content (AvgIpc) is 2.87. The zero-order valence-electron chi connectivity index (χ0n) is 12.5. The molecule has 5 nitrogen and oxygen atoms in total. The molecule has 2 aromatic rings. The molecule has 1 heterocycles. The van der Waals surface area contributed by atoms with Gasteiger partial charge in [0, 0.05) is 10.0 Å². The minimum Gasteiger partial charge on any atom is -0.480 e. The molecule has 0 spiro atoms. The second kappa shape index (κ2) is 6.80. The van der Waals surface area contributed by atoms with Gasteiger partial charge in [-0.2, -0.15) is 0 Å². The Morgan fingerprint density at radius 3 is 2.42 bits per heavy atom. The van der Waals surface area contributed by atoms with Gasteiger partial charge >= 0.3 is 5.97 Å². The van der Waals surface area contributed by atoms with Gasteiger partial charge in [0.1, 0.15) is 18.1 Å². The number of rotatable bonds is 4. The molecule has 1 amide bonds. The molecule has 0 aromatic heterocycles. The van der Waals surface area contributed by atoms with Crippen molar-refractivity contribution in [1.29, 1.82) is 0 Å². The Balaban J connectivity index is 2.01. The fraction of sp³-hybridized carbons (Fsp3) is 0.0556. The molecule has 0 saturated carbocycles. The molecule has 0 atom stereocenters. The Bertz CT molecular complexity index is 842. The molecule has 120 valence electrons. The SMILES string of the molecule is O=C(O)CN1C(=O)/C(=C/c2ccc(Br)cc2)N=C1c1ccccc1. The number of carbonyl (C=O) groups is 2. The van der Waals surface area contributed by atoms with Crippen LogP contribution < -0.4 is 0 Å². The van der Waals surface area contributed by atoms with Crippen molar-refractivity contribution in [2.45, 2.75) is 0 Å². The van der Waals surface area contributed by atoms with Crippen LogP contribution in [-0.2, 0) is 9.59 Å². The minimum absolute atomic E-state index is 0.220. The van der Waals surface area contributed by atoms with Crippen LogP contribution in [0.5, 0.6) is 0 Å². The summed E-state index contributed by atoms with van der Waals surface area (Å²) in [4.78, 5) is 29.2. The van der Waals surface area contributed by atoms with Crippen LogP contribution in [0.3, 0.4) is 0 Å². The van der Waals surface area contributed by atoms with E-state index in [-0.39, 0.29) is 5.70 Å². The summed E-state index contributed by atoms with van der Waals surface area (Å²) < 4.78 is 0.934. The Morgan fingerprint density at radius 1 is 1.12 bits per heavy atom. The number of carbonyl (C=O) groups excluding carboxylic acids is 1. The summed E-state index contributed by atoms with van der Waals surface area (Å²) in [6.45, 7) is -0.426. The molecule has 0 saturated heterocycles. The Hall–Kier alpha value is -2.73. The molecule has 0 fully saturated rings.